The zero-order valence-electron chi connectivity index (χ0n) is 22.2. The topological polar surface area (TPSA) is 175 Å². The van der Waals surface area contributed by atoms with Crippen LogP contribution in [0.1, 0.15) is 40.0 Å². The highest BCUT2D eigenvalue weighted by atomic mass is 16.5. The molecular weight excluding hydrogens is 523 g/mol. The van der Waals surface area contributed by atoms with Crippen molar-refractivity contribution in [1.82, 2.24) is 20.4 Å². The fraction of sp³-hybridized carbons (Fsp3) is 0.346. The van der Waals surface area contributed by atoms with E-state index in [9.17, 15) is 34.1 Å². The van der Waals surface area contributed by atoms with Crippen molar-refractivity contribution in [2.45, 2.75) is 32.3 Å². The van der Waals surface area contributed by atoms with Crippen molar-refractivity contribution < 1.29 is 43.5 Å². The first-order valence-electron chi connectivity index (χ1n) is 12.6. The molecule has 2 aliphatic heterocycles. The summed E-state index contributed by atoms with van der Waals surface area (Å²) in [5, 5.41) is 25.2. The molecule has 0 spiro atoms. The lowest BCUT2D eigenvalue weighted by Gasteiger charge is -2.33. The number of rotatable bonds is 7. The molecule has 14 heteroatoms. The summed E-state index contributed by atoms with van der Waals surface area (Å²) in [6.07, 6.45) is 0.0488. The quantitative estimate of drug-likeness (QED) is 0.278. The molecule has 0 bridgehead atoms. The van der Waals surface area contributed by atoms with Crippen molar-refractivity contribution in [3.05, 3.63) is 58.7 Å². The van der Waals surface area contributed by atoms with Gasteiger partial charge in [-0.3, -0.25) is 19.3 Å². The standard InChI is InChI=1S/C26H29BN4O9/c1-4-30-10-11-31(24(34)23(30)33)26(37)29-20(15-9-8-14(2)18(12-15)39-3)22(32)28-19-13-16-6-5-7-17(25(35)36)21(16)40-27(19)38/h5-9,12,19-20,38H,4,10-11,13H2,1-3H3,(H,28,32)(H,29,37)(H,35,36)/t19-,20?/m0/s1. The number of amides is 5. The summed E-state index contributed by atoms with van der Waals surface area (Å²) >= 11 is 0. The molecule has 4 rings (SSSR count). The SMILES string of the molecule is CCN1CCN(C(=O)NC(C(=O)N[C@H]2Cc3cccc(C(=O)O)c3OB2O)c2ccc(C)c(OC)c2)C(=O)C1=O. The number of imide groups is 1. The normalized spacial score (nSPS) is 17.5. The Balaban J connectivity index is 1.59. The number of hydrogen-bond donors (Lipinski definition) is 4. The minimum atomic E-state index is -1.58. The fourth-order valence-electron chi connectivity index (χ4n) is 4.67. The van der Waals surface area contributed by atoms with Gasteiger partial charge in [0.25, 0.3) is 0 Å². The summed E-state index contributed by atoms with van der Waals surface area (Å²) in [5.41, 5.74) is 1.43. The fourth-order valence-corrected chi connectivity index (χ4v) is 4.67. The number of nitrogens with zero attached hydrogens (tertiary/aromatic N) is 2. The molecule has 13 nitrogen and oxygen atoms in total. The van der Waals surface area contributed by atoms with E-state index >= 15 is 0 Å². The van der Waals surface area contributed by atoms with Gasteiger partial charge in [-0.05, 0) is 49.1 Å². The van der Waals surface area contributed by atoms with E-state index in [4.69, 9.17) is 9.39 Å². The number of benzene rings is 2. The highest BCUT2D eigenvalue weighted by molar-refractivity contribution is 6.47. The molecule has 1 fully saturated rings. The maximum atomic E-state index is 13.6. The van der Waals surface area contributed by atoms with E-state index < -0.39 is 48.8 Å². The maximum absolute atomic E-state index is 13.6. The van der Waals surface area contributed by atoms with Crippen LogP contribution in [0.25, 0.3) is 0 Å². The Morgan fingerprint density at radius 3 is 2.60 bits per heavy atom. The molecule has 4 N–H and O–H groups in total. The first-order chi connectivity index (χ1) is 19.0. The number of likely N-dealkylation sites (N-methyl/N-ethyl adjacent to an activating group) is 1. The molecule has 0 aromatic heterocycles. The Morgan fingerprint density at radius 2 is 1.93 bits per heavy atom. The highest BCUT2D eigenvalue weighted by Crippen LogP contribution is 2.31. The Morgan fingerprint density at radius 1 is 1.18 bits per heavy atom. The smallest absolute Gasteiger partial charge is 0.534 e. The van der Waals surface area contributed by atoms with Crippen LogP contribution in [0.3, 0.4) is 0 Å². The number of hydrogen-bond acceptors (Lipinski definition) is 8. The second-order valence-corrected chi connectivity index (χ2v) is 9.38. The van der Waals surface area contributed by atoms with Gasteiger partial charge in [0.15, 0.2) is 0 Å². The monoisotopic (exact) mass is 552 g/mol. The largest absolute Gasteiger partial charge is 0.547 e. The third-order valence-electron chi connectivity index (χ3n) is 6.91. The molecule has 0 aliphatic carbocycles. The molecule has 210 valence electrons. The zero-order chi connectivity index (χ0) is 29.1. The van der Waals surface area contributed by atoms with Crippen molar-refractivity contribution in [3.8, 4) is 11.5 Å². The number of ether oxygens (including phenoxy) is 1. The van der Waals surface area contributed by atoms with Gasteiger partial charge in [0, 0.05) is 19.6 Å². The molecule has 0 saturated carbocycles. The number of carboxylic acids is 1. The van der Waals surface area contributed by atoms with E-state index in [2.05, 4.69) is 10.6 Å². The molecule has 2 aromatic carbocycles. The van der Waals surface area contributed by atoms with E-state index in [-0.39, 0.29) is 30.8 Å². The van der Waals surface area contributed by atoms with Crippen LogP contribution in [-0.4, -0.2) is 89.5 Å². The van der Waals surface area contributed by atoms with Crippen LogP contribution >= 0.6 is 0 Å². The minimum Gasteiger partial charge on any atom is -0.534 e. The van der Waals surface area contributed by atoms with Gasteiger partial charge in [-0.2, -0.15) is 0 Å². The van der Waals surface area contributed by atoms with E-state index in [1.807, 2.05) is 0 Å². The number of urea groups is 1. The van der Waals surface area contributed by atoms with Crippen LogP contribution in [0, 0.1) is 6.92 Å². The van der Waals surface area contributed by atoms with Crippen molar-refractivity contribution >= 4 is 36.8 Å². The number of carbonyl (C=O) groups is 5. The lowest BCUT2D eigenvalue weighted by molar-refractivity contribution is -0.153. The Kier molecular flexibility index (Phi) is 8.28. The Bertz CT molecular complexity index is 1370. The summed E-state index contributed by atoms with van der Waals surface area (Å²) < 4.78 is 10.8. The molecule has 2 aliphatic rings. The number of methoxy groups -OCH3 is 1. The van der Waals surface area contributed by atoms with Gasteiger partial charge in [0.1, 0.15) is 17.5 Å². The maximum Gasteiger partial charge on any atom is 0.547 e. The van der Waals surface area contributed by atoms with Gasteiger partial charge >= 0.3 is 30.9 Å². The zero-order valence-corrected chi connectivity index (χ0v) is 22.2. The molecule has 1 saturated heterocycles. The van der Waals surface area contributed by atoms with E-state index in [0.29, 0.717) is 23.4 Å². The van der Waals surface area contributed by atoms with Gasteiger partial charge in [-0.25, -0.2) is 9.59 Å². The molecule has 2 aromatic rings. The molecule has 0 radical (unpaired) electrons. The molecular formula is C26H29BN4O9. The number of fused-ring (bicyclic) bond motifs is 1. The Hall–Kier alpha value is -4.59. The minimum absolute atomic E-state index is 0.00974. The summed E-state index contributed by atoms with van der Waals surface area (Å²) in [7, 11) is -0.127. The van der Waals surface area contributed by atoms with Crippen molar-refractivity contribution in [3.63, 3.8) is 0 Å². The number of carboxylic acid groups (broad SMARTS) is 1. The Labute approximate surface area is 230 Å². The van der Waals surface area contributed by atoms with Crippen LogP contribution < -0.4 is 20.0 Å². The number of para-hydroxylation sites is 1. The number of aryl methyl sites for hydroxylation is 1. The molecule has 2 heterocycles. The summed E-state index contributed by atoms with van der Waals surface area (Å²) in [6.45, 7) is 3.94. The second kappa shape index (κ2) is 11.7. The average Bonchev–Trinajstić information content (AvgIpc) is 2.93. The van der Waals surface area contributed by atoms with E-state index in [1.54, 1.807) is 38.1 Å². The van der Waals surface area contributed by atoms with Crippen LogP contribution in [0.4, 0.5) is 4.79 Å². The number of piperazine rings is 1. The second-order valence-electron chi connectivity index (χ2n) is 9.38. The molecule has 2 atom stereocenters. The highest BCUT2D eigenvalue weighted by Gasteiger charge is 2.41. The third-order valence-corrected chi connectivity index (χ3v) is 6.91. The number of nitrogens with one attached hydrogen (secondary N) is 2. The predicted molar refractivity (Wildman–Crippen MR) is 141 cm³/mol. The summed E-state index contributed by atoms with van der Waals surface area (Å²) in [5.74, 6) is -4.32. The molecule has 5 amide bonds. The molecule has 40 heavy (non-hydrogen) atoms. The number of aromatic carboxylic acids is 1. The van der Waals surface area contributed by atoms with Crippen LogP contribution in [-0.2, 0) is 20.8 Å². The van der Waals surface area contributed by atoms with Crippen LogP contribution in [0.2, 0.25) is 0 Å². The van der Waals surface area contributed by atoms with Crippen molar-refractivity contribution in [2.75, 3.05) is 26.7 Å². The van der Waals surface area contributed by atoms with Crippen molar-refractivity contribution in [2.24, 2.45) is 0 Å². The number of carbonyl (C=O) groups excluding carboxylic acids is 4. The summed E-state index contributed by atoms with van der Waals surface area (Å²) in [4.78, 5) is 65.3. The van der Waals surface area contributed by atoms with Gasteiger partial charge in [0.2, 0.25) is 5.91 Å². The first kappa shape index (κ1) is 28.4. The van der Waals surface area contributed by atoms with Crippen LogP contribution in [0.15, 0.2) is 36.4 Å². The predicted octanol–water partition coefficient (Wildman–Crippen LogP) is 0.283. The van der Waals surface area contributed by atoms with Gasteiger partial charge in [-0.15, -0.1) is 0 Å². The van der Waals surface area contributed by atoms with Gasteiger partial charge < -0.3 is 35.1 Å². The average molecular weight is 552 g/mol. The summed E-state index contributed by atoms with van der Waals surface area (Å²) in [6, 6.07) is 7.05. The van der Waals surface area contributed by atoms with Gasteiger partial charge in [0.05, 0.1) is 18.6 Å². The van der Waals surface area contributed by atoms with E-state index in [1.165, 1.54) is 24.1 Å². The van der Waals surface area contributed by atoms with E-state index in [0.717, 1.165) is 10.5 Å². The van der Waals surface area contributed by atoms with Gasteiger partial charge in [-0.1, -0.05) is 24.3 Å². The molecule has 1 unspecified atom stereocenters. The lowest BCUT2D eigenvalue weighted by atomic mass is 9.72. The van der Waals surface area contributed by atoms with Crippen molar-refractivity contribution in [1.29, 1.82) is 0 Å². The third kappa shape index (κ3) is 5.57. The lowest BCUT2D eigenvalue weighted by Crippen LogP contribution is -2.60. The van der Waals surface area contributed by atoms with Crippen LogP contribution in [0.5, 0.6) is 11.5 Å². The first-order valence-corrected chi connectivity index (χ1v) is 12.6.